The molecule has 0 aromatic heterocycles. The second-order valence-corrected chi connectivity index (χ2v) is 5.19. The minimum absolute atomic E-state index is 0.164. The number of amides is 1. The molecule has 1 N–H and O–H groups in total. The monoisotopic (exact) mass is 296 g/mol. The Balaban J connectivity index is 1.79. The molecule has 2 aromatic carbocycles. The first kappa shape index (κ1) is 13.6. The number of amidine groups is 1. The van der Waals surface area contributed by atoms with Crippen LogP contribution in [0.1, 0.15) is 11.1 Å². The van der Waals surface area contributed by atoms with Gasteiger partial charge in [-0.2, -0.15) is 0 Å². The highest BCUT2D eigenvalue weighted by atomic mass is 35.5. The molecule has 0 bridgehead atoms. The zero-order valence-corrected chi connectivity index (χ0v) is 12.0. The number of carbonyl (C=O) groups is 1. The first-order valence-electron chi connectivity index (χ1n) is 6.61. The average molecular weight is 297 g/mol. The van der Waals surface area contributed by atoms with Crippen LogP contribution in [-0.2, 0) is 11.2 Å². The van der Waals surface area contributed by atoms with Crippen LogP contribution < -0.4 is 5.32 Å². The van der Waals surface area contributed by atoms with Crippen molar-refractivity contribution in [3.8, 4) is 0 Å². The van der Waals surface area contributed by atoms with Crippen LogP contribution in [-0.4, -0.2) is 11.7 Å². The molecule has 3 rings (SSSR count). The standard InChI is InChI=1S/C17H13ClN2O/c18-14-8-6-13(7-9-14)11-16-19-15(17(21)20-16)10-12-4-2-1-3-5-12/h1-10H,11H2,(H,19,20,21)/b15-10+. The fourth-order valence-corrected chi connectivity index (χ4v) is 2.23. The van der Waals surface area contributed by atoms with E-state index < -0.39 is 0 Å². The predicted molar refractivity (Wildman–Crippen MR) is 85.2 cm³/mol. The van der Waals surface area contributed by atoms with E-state index in [1.54, 1.807) is 6.08 Å². The van der Waals surface area contributed by atoms with E-state index >= 15 is 0 Å². The van der Waals surface area contributed by atoms with Crippen LogP contribution in [0.25, 0.3) is 6.08 Å². The third-order valence-electron chi connectivity index (χ3n) is 3.13. The number of halogens is 1. The minimum Gasteiger partial charge on any atom is -0.308 e. The molecule has 0 saturated carbocycles. The van der Waals surface area contributed by atoms with Gasteiger partial charge in [-0.25, -0.2) is 4.99 Å². The highest BCUT2D eigenvalue weighted by Crippen LogP contribution is 2.15. The van der Waals surface area contributed by atoms with E-state index in [4.69, 9.17) is 11.6 Å². The summed E-state index contributed by atoms with van der Waals surface area (Å²) >= 11 is 5.86. The van der Waals surface area contributed by atoms with Crippen LogP contribution in [0.3, 0.4) is 0 Å². The Bertz CT molecular complexity index is 718. The molecular weight excluding hydrogens is 284 g/mol. The van der Waals surface area contributed by atoms with Gasteiger partial charge in [0.2, 0.25) is 0 Å². The predicted octanol–water partition coefficient (Wildman–Crippen LogP) is 3.45. The molecule has 0 saturated heterocycles. The summed E-state index contributed by atoms with van der Waals surface area (Å²) in [5, 5.41) is 3.49. The summed E-state index contributed by atoms with van der Waals surface area (Å²) in [4.78, 5) is 16.3. The maximum absolute atomic E-state index is 11.9. The van der Waals surface area contributed by atoms with Gasteiger partial charge in [-0.05, 0) is 29.3 Å². The van der Waals surface area contributed by atoms with E-state index in [-0.39, 0.29) is 5.91 Å². The Morgan fingerprint density at radius 3 is 2.48 bits per heavy atom. The topological polar surface area (TPSA) is 41.5 Å². The summed E-state index contributed by atoms with van der Waals surface area (Å²) in [7, 11) is 0. The lowest BCUT2D eigenvalue weighted by molar-refractivity contribution is -0.115. The van der Waals surface area contributed by atoms with Gasteiger partial charge in [0.1, 0.15) is 11.5 Å². The number of benzene rings is 2. The normalized spacial score (nSPS) is 16.0. The Labute approximate surface area is 128 Å². The number of nitrogens with one attached hydrogen (secondary N) is 1. The van der Waals surface area contributed by atoms with E-state index in [9.17, 15) is 4.79 Å². The van der Waals surface area contributed by atoms with Crippen LogP contribution in [0.15, 0.2) is 65.3 Å². The molecule has 2 aromatic rings. The number of hydrogen-bond acceptors (Lipinski definition) is 2. The zero-order valence-electron chi connectivity index (χ0n) is 11.2. The molecule has 21 heavy (non-hydrogen) atoms. The molecule has 1 aliphatic heterocycles. The number of nitrogens with zero attached hydrogens (tertiary/aromatic N) is 1. The molecule has 0 fully saturated rings. The zero-order chi connectivity index (χ0) is 14.7. The van der Waals surface area contributed by atoms with Gasteiger partial charge in [-0.15, -0.1) is 0 Å². The van der Waals surface area contributed by atoms with E-state index in [1.165, 1.54) is 0 Å². The second-order valence-electron chi connectivity index (χ2n) is 4.76. The third kappa shape index (κ3) is 3.38. The Morgan fingerprint density at radius 2 is 1.76 bits per heavy atom. The molecule has 0 spiro atoms. The number of hydrogen-bond donors (Lipinski definition) is 1. The molecule has 1 amide bonds. The SMILES string of the molecule is O=C1NC(Cc2ccc(Cl)cc2)=N/C1=C/c1ccccc1. The lowest BCUT2D eigenvalue weighted by Crippen LogP contribution is -2.25. The maximum atomic E-state index is 11.9. The molecule has 3 nitrogen and oxygen atoms in total. The van der Waals surface area contributed by atoms with Crippen molar-refractivity contribution in [2.24, 2.45) is 4.99 Å². The Kier molecular flexibility index (Phi) is 3.84. The van der Waals surface area contributed by atoms with Crippen molar-refractivity contribution in [1.82, 2.24) is 5.32 Å². The van der Waals surface area contributed by atoms with Crippen molar-refractivity contribution in [3.63, 3.8) is 0 Å². The van der Waals surface area contributed by atoms with Crippen molar-refractivity contribution >= 4 is 29.4 Å². The van der Waals surface area contributed by atoms with E-state index in [0.717, 1.165) is 11.1 Å². The molecule has 1 aliphatic rings. The minimum atomic E-state index is -0.164. The van der Waals surface area contributed by atoms with Gasteiger partial charge in [-0.3, -0.25) is 4.79 Å². The first-order chi connectivity index (χ1) is 10.2. The third-order valence-corrected chi connectivity index (χ3v) is 3.39. The Morgan fingerprint density at radius 1 is 1.05 bits per heavy atom. The summed E-state index contributed by atoms with van der Waals surface area (Å²) in [6.45, 7) is 0. The second kappa shape index (κ2) is 5.94. The van der Waals surface area contributed by atoms with Crippen LogP contribution in [0.2, 0.25) is 5.02 Å². The van der Waals surface area contributed by atoms with Crippen LogP contribution in [0.4, 0.5) is 0 Å². The molecule has 104 valence electrons. The fourth-order valence-electron chi connectivity index (χ4n) is 2.10. The highest BCUT2D eigenvalue weighted by Gasteiger charge is 2.19. The lowest BCUT2D eigenvalue weighted by atomic mass is 10.1. The molecule has 0 unspecified atom stereocenters. The molecule has 1 heterocycles. The number of aliphatic imine (C=N–C) groups is 1. The Hall–Kier alpha value is -2.39. The maximum Gasteiger partial charge on any atom is 0.275 e. The van der Waals surface area contributed by atoms with Crippen LogP contribution in [0, 0.1) is 0 Å². The van der Waals surface area contributed by atoms with Crippen molar-refractivity contribution < 1.29 is 4.79 Å². The summed E-state index contributed by atoms with van der Waals surface area (Å²) in [5.74, 6) is 0.493. The average Bonchev–Trinajstić information content (AvgIpc) is 2.82. The van der Waals surface area contributed by atoms with E-state index in [1.807, 2.05) is 54.6 Å². The van der Waals surface area contributed by atoms with Gasteiger partial charge < -0.3 is 5.32 Å². The molecule has 4 heteroatoms. The molecular formula is C17H13ClN2O. The van der Waals surface area contributed by atoms with Crippen LogP contribution >= 0.6 is 11.6 Å². The van der Waals surface area contributed by atoms with Gasteiger partial charge in [0.05, 0.1) is 0 Å². The summed E-state index contributed by atoms with van der Waals surface area (Å²) in [6, 6.07) is 17.2. The van der Waals surface area contributed by atoms with Gasteiger partial charge in [0, 0.05) is 11.4 Å². The van der Waals surface area contributed by atoms with Gasteiger partial charge in [0.25, 0.3) is 5.91 Å². The quantitative estimate of drug-likeness (QED) is 0.866. The van der Waals surface area contributed by atoms with Crippen molar-refractivity contribution in [2.75, 3.05) is 0 Å². The summed E-state index contributed by atoms with van der Waals surface area (Å²) < 4.78 is 0. The lowest BCUT2D eigenvalue weighted by Gasteiger charge is -2.00. The van der Waals surface area contributed by atoms with Gasteiger partial charge >= 0.3 is 0 Å². The van der Waals surface area contributed by atoms with E-state index in [0.29, 0.717) is 23.0 Å². The smallest absolute Gasteiger partial charge is 0.275 e. The molecule has 0 atom stereocenters. The summed E-state index contributed by atoms with van der Waals surface area (Å²) in [6.07, 6.45) is 2.36. The van der Waals surface area contributed by atoms with Crippen molar-refractivity contribution in [3.05, 3.63) is 76.4 Å². The van der Waals surface area contributed by atoms with Gasteiger partial charge in [-0.1, -0.05) is 54.1 Å². The van der Waals surface area contributed by atoms with E-state index in [2.05, 4.69) is 10.3 Å². The summed E-state index contributed by atoms with van der Waals surface area (Å²) in [5.41, 5.74) is 2.45. The fraction of sp³-hybridized carbons (Fsp3) is 0.0588. The largest absolute Gasteiger partial charge is 0.308 e. The van der Waals surface area contributed by atoms with Gasteiger partial charge in [0.15, 0.2) is 0 Å². The van der Waals surface area contributed by atoms with Crippen molar-refractivity contribution in [2.45, 2.75) is 6.42 Å². The molecule has 0 aliphatic carbocycles. The first-order valence-corrected chi connectivity index (χ1v) is 6.98. The molecule has 0 radical (unpaired) electrons. The highest BCUT2D eigenvalue weighted by molar-refractivity contribution is 6.30. The van der Waals surface area contributed by atoms with Crippen LogP contribution in [0.5, 0.6) is 0 Å². The van der Waals surface area contributed by atoms with Crippen molar-refractivity contribution in [1.29, 1.82) is 0 Å². The number of rotatable bonds is 3. The number of carbonyl (C=O) groups excluding carboxylic acids is 1.